The number of rotatable bonds is 7. The van der Waals surface area contributed by atoms with Gasteiger partial charge in [0.25, 0.3) is 11.8 Å². The summed E-state index contributed by atoms with van der Waals surface area (Å²) in [7, 11) is 1.80. The Morgan fingerprint density at radius 1 is 0.912 bits per heavy atom. The molecule has 11 rings (SSSR count). The molecule has 4 amide bonds. The molecule has 1 atom stereocenters. The topological polar surface area (TPSA) is 138 Å². The number of likely N-dealkylation sites (tertiary alicyclic amines) is 1. The molecule has 348 valence electrons. The molecule has 0 aliphatic carbocycles. The van der Waals surface area contributed by atoms with Gasteiger partial charge in [-0.3, -0.25) is 29.0 Å². The summed E-state index contributed by atoms with van der Waals surface area (Å²) in [5, 5.41) is 12.7. The van der Waals surface area contributed by atoms with Crippen LogP contribution in [0.5, 0.6) is 0 Å². The first-order valence-electron chi connectivity index (χ1n) is 22.8. The van der Waals surface area contributed by atoms with Crippen LogP contribution in [0.2, 0.25) is 0 Å². The van der Waals surface area contributed by atoms with Crippen molar-refractivity contribution >= 4 is 57.4 Å². The van der Waals surface area contributed by atoms with Crippen molar-refractivity contribution in [1.29, 1.82) is 5.26 Å². The number of fused-ring (bicyclic) bond motifs is 4. The lowest BCUT2D eigenvalue weighted by Crippen LogP contribution is -2.63. The number of nitriles is 1. The molecule has 0 radical (unpaired) electrons. The van der Waals surface area contributed by atoms with Gasteiger partial charge in [-0.25, -0.2) is 4.98 Å². The second-order valence-corrected chi connectivity index (χ2v) is 19.9. The molecule has 0 saturated carbocycles. The maximum atomic E-state index is 15.8. The Hall–Kier alpha value is -7.06. The molecule has 4 saturated heterocycles. The zero-order valence-corrected chi connectivity index (χ0v) is 37.7. The number of allylic oxidation sites excluding steroid dienone is 1. The third-order valence-corrected chi connectivity index (χ3v) is 15.3. The number of anilines is 4. The number of alkyl halides is 3. The van der Waals surface area contributed by atoms with Crippen LogP contribution in [0.3, 0.4) is 0 Å². The fourth-order valence-corrected chi connectivity index (χ4v) is 11.5. The number of aromatic nitrogens is 2. The van der Waals surface area contributed by atoms with E-state index in [4.69, 9.17) is 0 Å². The highest BCUT2D eigenvalue weighted by Crippen LogP contribution is 2.49. The van der Waals surface area contributed by atoms with Gasteiger partial charge in [-0.2, -0.15) is 22.8 Å². The number of halogens is 4. The molecule has 17 heteroatoms. The normalized spacial score (nSPS) is 21.3. The maximum absolute atomic E-state index is 15.8. The zero-order valence-electron chi connectivity index (χ0n) is 37.7. The molecule has 6 aliphatic rings. The number of benzene rings is 3. The molecular formula is C51H47F4N9O4. The van der Waals surface area contributed by atoms with Crippen LogP contribution in [-0.2, 0) is 28.2 Å². The molecule has 4 fully saturated rings. The summed E-state index contributed by atoms with van der Waals surface area (Å²) >= 11 is 0. The third-order valence-electron chi connectivity index (χ3n) is 15.3. The first-order chi connectivity index (χ1) is 32.4. The molecule has 1 spiro atoms. The number of amides is 4. The number of pyridine rings is 1. The number of hydrogen-bond acceptors (Lipinski definition) is 9. The molecule has 6 aliphatic heterocycles. The van der Waals surface area contributed by atoms with Gasteiger partial charge in [-0.05, 0) is 117 Å². The van der Waals surface area contributed by atoms with Crippen LogP contribution in [0.15, 0.2) is 79.0 Å². The molecule has 5 aromatic rings. The minimum Gasteiger partial charge on any atom is -0.371 e. The Kier molecular flexibility index (Phi) is 9.74. The summed E-state index contributed by atoms with van der Waals surface area (Å²) in [5.41, 5.74) is 2.21. The molecule has 2 aromatic heterocycles. The van der Waals surface area contributed by atoms with Gasteiger partial charge in [0.15, 0.2) is 0 Å². The third kappa shape index (κ3) is 6.69. The van der Waals surface area contributed by atoms with E-state index in [0.29, 0.717) is 63.7 Å². The minimum absolute atomic E-state index is 0.0143. The van der Waals surface area contributed by atoms with Crippen molar-refractivity contribution < 1.29 is 36.7 Å². The molecule has 1 unspecified atom stereocenters. The molecular weight excluding hydrogens is 879 g/mol. The Bertz CT molecular complexity index is 3090. The summed E-state index contributed by atoms with van der Waals surface area (Å²) in [6.45, 7) is 13.5. The minimum atomic E-state index is -4.79. The van der Waals surface area contributed by atoms with Gasteiger partial charge in [-0.15, -0.1) is 0 Å². The largest absolute Gasteiger partial charge is 0.417 e. The number of carbonyl (C=O) groups is 4. The van der Waals surface area contributed by atoms with Crippen molar-refractivity contribution in [3.63, 3.8) is 0 Å². The van der Waals surface area contributed by atoms with Crippen LogP contribution < -0.4 is 20.0 Å². The highest BCUT2D eigenvalue weighted by Gasteiger charge is 2.49. The van der Waals surface area contributed by atoms with Crippen LogP contribution in [0.25, 0.3) is 22.0 Å². The van der Waals surface area contributed by atoms with E-state index in [0.717, 1.165) is 86.9 Å². The van der Waals surface area contributed by atoms with E-state index >= 15 is 4.39 Å². The Morgan fingerprint density at radius 3 is 2.34 bits per heavy atom. The van der Waals surface area contributed by atoms with E-state index < -0.39 is 52.4 Å². The average molecular weight is 926 g/mol. The standard InChI is InChI=1S/C51H47F4N9O4/c1-28-5-12-39(45(65)57-28)64-46(66)42-35-10-9-32(21-40(35)59(4)43(42)47(64)67)61-17-15-50(16-18-61)26-60(27-50)23-29-24-62(25-29)41-14-11-34(44(52)58-41)30-7-13-38-37(19-30)49(2,3)48(68)63(38)33-8-6-31(22-56)36(20-33)51(53,54)55/h6-11,13-14,19-21,29,39H,1,5,12,15-18,23-27H2,2-4H3,(H,57,65). The van der Waals surface area contributed by atoms with Gasteiger partial charge >= 0.3 is 6.18 Å². The van der Waals surface area contributed by atoms with Gasteiger partial charge in [0.05, 0.1) is 39.4 Å². The number of nitrogens with one attached hydrogen (secondary N) is 1. The van der Waals surface area contributed by atoms with Gasteiger partial charge in [0.2, 0.25) is 17.8 Å². The zero-order chi connectivity index (χ0) is 47.8. The van der Waals surface area contributed by atoms with E-state index in [1.54, 1.807) is 61.9 Å². The first-order valence-corrected chi connectivity index (χ1v) is 22.8. The predicted octanol–water partition coefficient (Wildman–Crippen LogP) is 7.65. The van der Waals surface area contributed by atoms with Crippen LogP contribution in [0.4, 0.5) is 40.4 Å². The molecule has 8 heterocycles. The van der Waals surface area contributed by atoms with Crippen molar-refractivity contribution in [2.75, 3.05) is 60.5 Å². The molecule has 13 nitrogen and oxygen atoms in total. The highest BCUT2D eigenvalue weighted by atomic mass is 19.4. The van der Waals surface area contributed by atoms with Crippen LogP contribution in [-0.4, -0.2) is 94.8 Å². The van der Waals surface area contributed by atoms with Gasteiger partial charge in [0, 0.05) is 86.8 Å². The smallest absolute Gasteiger partial charge is 0.371 e. The molecule has 68 heavy (non-hydrogen) atoms. The summed E-state index contributed by atoms with van der Waals surface area (Å²) in [6.07, 6.45) is -1.83. The number of imide groups is 1. The lowest BCUT2D eigenvalue weighted by Gasteiger charge is -2.56. The van der Waals surface area contributed by atoms with E-state index in [2.05, 4.69) is 37.6 Å². The Labute approximate surface area is 389 Å². The Morgan fingerprint density at radius 2 is 1.65 bits per heavy atom. The lowest BCUT2D eigenvalue weighted by molar-refractivity contribution is -0.137. The van der Waals surface area contributed by atoms with Crippen molar-refractivity contribution in [1.82, 2.24) is 24.7 Å². The van der Waals surface area contributed by atoms with Crippen molar-refractivity contribution in [3.05, 3.63) is 113 Å². The monoisotopic (exact) mass is 925 g/mol. The van der Waals surface area contributed by atoms with E-state index in [-0.39, 0.29) is 22.6 Å². The summed E-state index contributed by atoms with van der Waals surface area (Å²) in [4.78, 5) is 67.3. The maximum Gasteiger partial charge on any atom is 0.417 e. The molecule has 1 N–H and O–H groups in total. The van der Waals surface area contributed by atoms with Crippen LogP contribution in [0, 0.1) is 28.6 Å². The quantitative estimate of drug-likeness (QED) is 0.0992. The van der Waals surface area contributed by atoms with Gasteiger partial charge < -0.3 is 24.6 Å². The van der Waals surface area contributed by atoms with Crippen molar-refractivity contribution in [2.45, 2.75) is 57.2 Å². The fraction of sp³-hybridized carbons (Fsp3) is 0.373. The number of nitrogens with zero attached hydrogens (tertiary/aromatic N) is 8. The predicted molar refractivity (Wildman–Crippen MR) is 246 cm³/mol. The Balaban J connectivity index is 0.689. The van der Waals surface area contributed by atoms with E-state index in [9.17, 15) is 37.6 Å². The summed E-state index contributed by atoms with van der Waals surface area (Å²) in [5.74, 6) is -1.41. The second kappa shape index (κ2) is 15.2. The first kappa shape index (κ1) is 43.5. The fourth-order valence-electron chi connectivity index (χ4n) is 11.5. The lowest BCUT2D eigenvalue weighted by atomic mass is 9.71. The van der Waals surface area contributed by atoms with Gasteiger partial charge in [0.1, 0.15) is 17.6 Å². The van der Waals surface area contributed by atoms with Crippen LogP contribution >= 0.6 is 0 Å². The summed E-state index contributed by atoms with van der Waals surface area (Å²) in [6, 6.07) is 18.3. The SMILES string of the molecule is C=C1CCC(N2C(=O)c3c(n(C)c4cc(N5CCC6(CC5)CN(CC5CN(c7ccc(-c8ccc9c(c8)C(C)(C)C(=O)N9c8ccc(C#N)c(C(F)(F)F)c8)c(F)n7)C5)C6)ccc34)C2=O)C(=O)N1. The average Bonchev–Trinajstić information content (AvgIpc) is 3.80. The number of aryl methyl sites for hydroxylation is 1. The molecule has 3 aromatic carbocycles. The molecule has 0 bridgehead atoms. The highest BCUT2D eigenvalue weighted by molar-refractivity contribution is 6.28. The van der Waals surface area contributed by atoms with Crippen molar-refractivity contribution in [2.24, 2.45) is 18.4 Å². The van der Waals surface area contributed by atoms with E-state index in [1.807, 2.05) is 12.1 Å². The number of carbonyl (C=O) groups excluding carboxylic acids is 4. The number of piperidine rings is 2. The number of hydrogen-bond donors (Lipinski definition) is 1. The summed E-state index contributed by atoms with van der Waals surface area (Å²) < 4.78 is 59.0. The van der Waals surface area contributed by atoms with Gasteiger partial charge in [-0.1, -0.05) is 12.6 Å². The van der Waals surface area contributed by atoms with Crippen LogP contribution in [0.1, 0.15) is 77.1 Å². The van der Waals surface area contributed by atoms with Crippen molar-refractivity contribution in [3.8, 4) is 17.2 Å². The van der Waals surface area contributed by atoms with E-state index in [1.165, 1.54) is 11.0 Å². The second-order valence-electron chi connectivity index (χ2n) is 19.9.